The maximum atomic E-state index is 11.8. The monoisotopic (exact) mass is 238 g/mol. The molecule has 3 heteroatoms. The Kier molecular flexibility index (Phi) is 3.89. The van der Waals surface area contributed by atoms with Gasteiger partial charge in [0, 0.05) is 6.08 Å². The number of amides is 1. The van der Waals surface area contributed by atoms with Crippen LogP contribution in [-0.4, -0.2) is 5.91 Å². The molecule has 3 nitrogen and oxygen atoms in total. The molecule has 2 aromatic carbocycles. The van der Waals surface area contributed by atoms with Crippen molar-refractivity contribution in [3.8, 4) is 0 Å². The Morgan fingerprint density at radius 3 is 2.11 bits per heavy atom. The molecule has 0 aromatic heterocycles. The lowest BCUT2D eigenvalue weighted by Gasteiger charge is -2.13. The first kappa shape index (κ1) is 12.1. The van der Waals surface area contributed by atoms with E-state index >= 15 is 0 Å². The molecule has 18 heavy (non-hydrogen) atoms. The van der Waals surface area contributed by atoms with Crippen LogP contribution in [0, 0.1) is 0 Å². The molecule has 2 rings (SSSR count). The van der Waals surface area contributed by atoms with Gasteiger partial charge in [-0.1, -0.05) is 48.5 Å². The highest BCUT2D eigenvalue weighted by molar-refractivity contribution is 6.02. The molecule has 2 aromatic rings. The summed E-state index contributed by atoms with van der Waals surface area (Å²) in [6.45, 7) is 0. The summed E-state index contributed by atoms with van der Waals surface area (Å²) in [5, 5.41) is 1.12. The molecule has 0 aliphatic heterocycles. The lowest BCUT2D eigenvalue weighted by molar-refractivity contribution is -0.114. The van der Waals surface area contributed by atoms with E-state index in [0.29, 0.717) is 5.69 Å². The summed E-state index contributed by atoms with van der Waals surface area (Å²) in [5.41, 5.74) is 1.63. The van der Waals surface area contributed by atoms with E-state index in [1.54, 1.807) is 18.2 Å². The number of hydrogen-bond donors (Lipinski definition) is 1. The Morgan fingerprint density at radius 2 is 1.50 bits per heavy atom. The normalized spacial score (nSPS) is 10.5. The minimum absolute atomic E-state index is 0.259. The third-order valence-corrected chi connectivity index (χ3v) is 2.49. The van der Waals surface area contributed by atoms with Crippen molar-refractivity contribution in [1.29, 1.82) is 0 Å². The van der Waals surface area contributed by atoms with Crippen molar-refractivity contribution in [3.05, 3.63) is 72.3 Å². The third-order valence-electron chi connectivity index (χ3n) is 2.49. The van der Waals surface area contributed by atoms with E-state index in [4.69, 9.17) is 5.84 Å². The Morgan fingerprint density at radius 1 is 0.944 bits per heavy atom. The van der Waals surface area contributed by atoms with Gasteiger partial charge in [0.2, 0.25) is 0 Å². The summed E-state index contributed by atoms with van der Waals surface area (Å²) in [4.78, 5) is 11.8. The molecule has 0 aliphatic rings. The van der Waals surface area contributed by atoms with Gasteiger partial charge in [0.05, 0.1) is 5.69 Å². The fourth-order valence-corrected chi connectivity index (χ4v) is 1.53. The van der Waals surface area contributed by atoms with Crippen molar-refractivity contribution in [2.24, 2.45) is 5.84 Å². The zero-order valence-corrected chi connectivity index (χ0v) is 9.86. The number of hydrazine groups is 1. The van der Waals surface area contributed by atoms with E-state index in [9.17, 15) is 4.79 Å². The highest BCUT2D eigenvalue weighted by Gasteiger charge is 2.06. The summed E-state index contributed by atoms with van der Waals surface area (Å²) < 4.78 is 0. The van der Waals surface area contributed by atoms with E-state index in [-0.39, 0.29) is 5.91 Å². The van der Waals surface area contributed by atoms with Gasteiger partial charge < -0.3 is 0 Å². The van der Waals surface area contributed by atoms with Crippen LogP contribution in [0.15, 0.2) is 66.7 Å². The fraction of sp³-hybridized carbons (Fsp3) is 0. The minimum Gasteiger partial charge on any atom is -0.268 e. The number of anilines is 1. The average molecular weight is 238 g/mol. The Bertz CT molecular complexity index is 535. The van der Waals surface area contributed by atoms with Crippen LogP contribution in [0.1, 0.15) is 5.56 Å². The predicted octanol–water partition coefficient (Wildman–Crippen LogP) is 2.61. The highest BCUT2D eigenvalue weighted by atomic mass is 16.2. The van der Waals surface area contributed by atoms with Gasteiger partial charge in [0.25, 0.3) is 5.91 Å². The summed E-state index contributed by atoms with van der Waals surface area (Å²) in [7, 11) is 0. The first-order valence-electron chi connectivity index (χ1n) is 5.64. The molecule has 0 spiro atoms. The number of nitrogens with two attached hydrogens (primary N) is 1. The van der Waals surface area contributed by atoms with E-state index < -0.39 is 0 Å². The quantitative estimate of drug-likeness (QED) is 0.386. The summed E-state index contributed by atoms with van der Waals surface area (Å²) in [5.74, 6) is 5.48. The van der Waals surface area contributed by atoms with Crippen LogP contribution in [-0.2, 0) is 4.79 Å². The van der Waals surface area contributed by atoms with Crippen LogP contribution < -0.4 is 10.9 Å². The second kappa shape index (κ2) is 5.80. The van der Waals surface area contributed by atoms with Crippen LogP contribution in [0.3, 0.4) is 0 Å². The third kappa shape index (κ3) is 3.06. The van der Waals surface area contributed by atoms with Gasteiger partial charge in [0.15, 0.2) is 0 Å². The Hall–Kier alpha value is -2.39. The average Bonchev–Trinajstić information content (AvgIpc) is 2.46. The van der Waals surface area contributed by atoms with Crippen LogP contribution in [0.5, 0.6) is 0 Å². The van der Waals surface area contributed by atoms with Gasteiger partial charge >= 0.3 is 0 Å². The van der Waals surface area contributed by atoms with E-state index in [1.165, 1.54) is 6.08 Å². The Labute approximate surface area is 106 Å². The summed E-state index contributed by atoms with van der Waals surface area (Å²) in [6.07, 6.45) is 3.20. The number of para-hydroxylation sites is 1. The lowest BCUT2D eigenvalue weighted by atomic mass is 10.2. The highest BCUT2D eigenvalue weighted by Crippen LogP contribution is 2.10. The molecule has 0 fully saturated rings. The number of carbonyl (C=O) groups excluding carboxylic acids is 1. The zero-order valence-electron chi connectivity index (χ0n) is 9.86. The molecule has 0 unspecified atom stereocenters. The van der Waals surface area contributed by atoms with Crippen molar-refractivity contribution >= 4 is 17.7 Å². The van der Waals surface area contributed by atoms with Crippen LogP contribution in [0.2, 0.25) is 0 Å². The number of hydrogen-bond acceptors (Lipinski definition) is 2. The maximum absolute atomic E-state index is 11.8. The second-order valence-corrected chi connectivity index (χ2v) is 3.79. The number of carbonyl (C=O) groups is 1. The molecule has 2 N–H and O–H groups in total. The van der Waals surface area contributed by atoms with Gasteiger partial charge in [0.1, 0.15) is 0 Å². The molecule has 0 heterocycles. The topological polar surface area (TPSA) is 46.3 Å². The maximum Gasteiger partial charge on any atom is 0.265 e. The molecular weight excluding hydrogens is 224 g/mol. The van der Waals surface area contributed by atoms with E-state index in [1.807, 2.05) is 48.5 Å². The zero-order chi connectivity index (χ0) is 12.8. The first-order chi connectivity index (χ1) is 8.77. The van der Waals surface area contributed by atoms with Gasteiger partial charge in [-0.15, -0.1) is 0 Å². The summed E-state index contributed by atoms with van der Waals surface area (Å²) >= 11 is 0. The Balaban J connectivity index is 2.07. The first-order valence-corrected chi connectivity index (χ1v) is 5.64. The second-order valence-electron chi connectivity index (χ2n) is 3.79. The number of benzene rings is 2. The van der Waals surface area contributed by atoms with Gasteiger partial charge in [-0.3, -0.25) is 4.79 Å². The van der Waals surface area contributed by atoms with Crippen LogP contribution in [0.4, 0.5) is 5.69 Å². The van der Waals surface area contributed by atoms with Gasteiger partial charge in [-0.2, -0.15) is 0 Å². The van der Waals surface area contributed by atoms with Crippen molar-refractivity contribution in [3.63, 3.8) is 0 Å². The number of rotatable bonds is 3. The number of nitrogens with zero attached hydrogens (tertiary/aromatic N) is 1. The minimum atomic E-state index is -0.259. The van der Waals surface area contributed by atoms with Crippen molar-refractivity contribution < 1.29 is 4.79 Å². The van der Waals surface area contributed by atoms with Gasteiger partial charge in [-0.25, -0.2) is 10.9 Å². The van der Waals surface area contributed by atoms with E-state index in [2.05, 4.69) is 0 Å². The smallest absolute Gasteiger partial charge is 0.265 e. The molecule has 90 valence electrons. The molecule has 0 atom stereocenters. The molecule has 0 saturated heterocycles. The van der Waals surface area contributed by atoms with E-state index in [0.717, 1.165) is 10.6 Å². The largest absolute Gasteiger partial charge is 0.268 e. The van der Waals surface area contributed by atoms with Crippen LogP contribution >= 0.6 is 0 Å². The molecule has 0 aliphatic carbocycles. The molecule has 1 amide bonds. The van der Waals surface area contributed by atoms with Crippen LogP contribution in [0.25, 0.3) is 6.08 Å². The molecular formula is C15H14N2O. The van der Waals surface area contributed by atoms with Crippen molar-refractivity contribution in [2.45, 2.75) is 0 Å². The van der Waals surface area contributed by atoms with Gasteiger partial charge in [-0.05, 0) is 23.8 Å². The molecule has 0 saturated carbocycles. The lowest BCUT2D eigenvalue weighted by Crippen LogP contribution is -2.35. The fourth-order valence-electron chi connectivity index (χ4n) is 1.53. The SMILES string of the molecule is NN(C(=O)C=Cc1ccccc1)c1ccccc1. The standard InChI is InChI=1S/C15H14N2O/c16-17(14-9-5-2-6-10-14)15(18)12-11-13-7-3-1-4-8-13/h1-12H,16H2. The van der Waals surface area contributed by atoms with Crippen molar-refractivity contribution in [1.82, 2.24) is 0 Å². The molecule has 0 radical (unpaired) electrons. The molecule has 0 bridgehead atoms. The summed E-state index contributed by atoms with van der Waals surface area (Å²) in [6, 6.07) is 18.7. The predicted molar refractivity (Wildman–Crippen MR) is 73.6 cm³/mol. The van der Waals surface area contributed by atoms with Crippen molar-refractivity contribution in [2.75, 3.05) is 5.01 Å².